The van der Waals surface area contributed by atoms with Crippen LogP contribution in [0.4, 0.5) is 5.82 Å². The van der Waals surface area contributed by atoms with Crippen LogP contribution >= 0.6 is 0 Å². The lowest BCUT2D eigenvalue weighted by Gasteiger charge is -2.32. The summed E-state index contributed by atoms with van der Waals surface area (Å²) in [5.41, 5.74) is 7.06. The summed E-state index contributed by atoms with van der Waals surface area (Å²) in [5, 5.41) is 19.2. The van der Waals surface area contributed by atoms with E-state index in [9.17, 15) is 10.2 Å². The van der Waals surface area contributed by atoms with Crippen molar-refractivity contribution in [1.29, 1.82) is 0 Å². The van der Waals surface area contributed by atoms with Crippen LogP contribution in [0.15, 0.2) is 12.7 Å². The van der Waals surface area contributed by atoms with Crippen LogP contribution in [0.25, 0.3) is 11.2 Å². The molecule has 0 radical (unpaired) electrons. The molecule has 0 aromatic carbocycles. The molecule has 3 rings (SSSR count). The molecule has 7 nitrogen and oxygen atoms in total. The van der Waals surface area contributed by atoms with Crippen LogP contribution in [0.1, 0.15) is 25.3 Å². The second-order valence-electron chi connectivity index (χ2n) is 5.06. The molecule has 19 heavy (non-hydrogen) atoms. The van der Waals surface area contributed by atoms with Gasteiger partial charge in [0.05, 0.1) is 12.4 Å². The van der Waals surface area contributed by atoms with E-state index in [-0.39, 0.29) is 18.6 Å². The lowest BCUT2D eigenvalue weighted by molar-refractivity contribution is 0.0189. The van der Waals surface area contributed by atoms with E-state index in [1.807, 2.05) is 4.57 Å². The number of aliphatic hydroxyl groups excluding tert-OH is 2. The van der Waals surface area contributed by atoms with Crippen molar-refractivity contribution in [1.82, 2.24) is 19.5 Å². The van der Waals surface area contributed by atoms with Gasteiger partial charge in [0.25, 0.3) is 0 Å². The number of nitrogens with two attached hydrogens (primary N) is 1. The Hall–Kier alpha value is -1.73. The molecule has 1 aliphatic rings. The zero-order valence-electron chi connectivity index (χ0n) is 10.5. The van der Waals surface area contributed by atoms with E-state index in [1.54, 1.807) is 6.33 Å². The van der Waals surface area contributed by atoms with Gasteiger partial charge in [-0.15, -0.1) is 0 Å². The Kier molecular flexibility index (Phi) is 3.08. The molecule has 7 heteroatoms. The van der Waals surface area contributed by atoms with Crippen LogP contribution in [0.2, 0.25) is 0 Å². The quantitative estimate of drug-likeness (QED) is 0.709. The van der Waals surface area contributed by atoms with E-state index in [2.05, 4.69) is 15.0 Å². The number of hydrogen-bond acceptors (Lipinski definition) is 6. The van der Waals surface area contributed by atoms with Crippen molar-refractivity contribution >= 4 is 17.0 Å². The Labute approximate surface area is 110 Å². The molecule has 3 atom stereocenters. The first-order valence-corrected chi connectivity index (χ1v) is 6.42. The minimum absolute atomic E-state index is 0.0225. The van der Waals surface area contributed by atoms with Crippen molar-refractivity contribution < 1.29 is 10.2 Å². The highest BCUT2D eigenvalue weighted by Gasteiger charge is 2.30. The zero-order valence-corrected chi connectivity index (χ0v) is 10.5. The number of anilines is 1. The number of hydrogen-bond donors (Lipinski definition) is 3. The fourth-order valence-electron chi connectivity index (χ4n) is 2.79. The average molecular weight is 263 g/mol. The molecule has 0 amide bonds. The van der Waals surface area contributed by atoms with Gasteiger partial charge in [0.1, 0.15) is 11.8 Å². The third-order valence-corrected chi connectivity index (χ3v) is 3.94. The first-order chi connectivity index (χ1) is 9.20. The second kappa shape index (κ2) is 4.75. The highest BCUT2D eigenvalue weighted by molar-refractivity contribution is 5.81. The summed E-state index contributed by atoms with van der Waals surface area (Å²) in [7, 11) is 0. The molecule has 0 aliphatic heterocycles. The van der Waals surface area contributed by atoms with Gasteiger partial charge in [0, 0.05) is 18.6 Å². The maximum Gasteiger partial charge on any atom is 0.165 e. The molecule has 0 unspecified atom stereocenters. The van der Waals surface area contributed by atoms with Crippen LogP contribution in [-0.2, 0) is 0 Å². The summed E-state index contributed by atoms with van der Waals surface area (Å²) in [5.74, 6) is 0.346. The molecule has 0 bridgehead atoms. The van der Waals surface area contributed by atoms with Crippen molar-refractivity contribution in [2.45, 2.75) is 31.4 Å². The van der Waals surface area contributed by atoms with Gasteiger partial charge in [-0.05, 0) is 19.3 Å². The third kappa shape index (κ3) is 2.04. The lowest BCUT2D eigenvalue weighted by atomic mass is 9.84. The first-order valence-electron chi connectivity index (χ1n) is 6.42. The minimum atomic E-state index is -0.486. The van der Waals surface area contributed by atoms with Gasteiger partial charge in [0.15, 0.2) is 11.5 Å². The molecule has 0 spiro atoms. The van der Waals surface area contributed by atoms with Crippen molar-refractivity contribution in [3.8, 4) is 0 Å². The van der Waals surface area contributed by atoms with E-state index in [1.165, 1.54) is 6.33 Å². The lowest BCUT2D eigenvalue weighted by Crippen LogP contribution is -2.32. The van der Waals surface area contributed by atoms with Gasteiger partial charge >= 0.3 is 0 Å². The fraction of sp³-hybridized carbons (Fsp3) is 0.583. The van der Waals surface area contributed by atoms with Gasteiger partial charge in [-0.3, -0.25) is 0 Å². The van der Waals surface area contributed by atoms with Gasteiger partial charge in [0.2, 0.25) is 0 Å². The monoisotopic (exact) mass is 263 g/mol. The largest absolute Gasteiger partial charge is 0.396 e. The predicted octanol–water partition coefficient (Wildman–Crippen LogP) is 0.103. The number of nitrogens with zero attached hydrogens (tertiary/aromatic N) is 4. The molecule has 2 aromatic heterocycles. The minimum Gasteiger partial charge on any atom is -0.396 e. The molecular weight excluding hydrogens is 246 g/mol. The summed E-state index contributed by atoms with van der Waals surface area (Å²) >= 11 is 0. The molecule has 1 saturated carbocycles. The van der Waals surface area contributed by atoms with Gasteiger partial charge in [-0.2, -0.15) is 0 Å². The number of nitrogen functional groups attached to an aromatic ring is 1. The van der Waals surface area contributed by atoms with E-state index in [0.717, 1.165) is 12.8 Å². The molecule has 1 fully saturated rings. The molecule has 2 aromatic rings. The summed E-state index contributed by atoms with van der Waals surface area (Å²) in [4.78, 5) is 12.4. The number of aromatic nitrogens is 4. The summed E-state index contributed by atoms with van der Waals surface area (Å²) in [6.07, 6.45) is 4.92. The number of aliphatic hydroxyl groups is 2. The van der Waals surface area contributed by atoms with Crippen molar-refractivity contribution in [2.24, 2.45) is 5.92 Å². The van der Waals surface area contributed by atoms with E-state index in [0.29, 0.717) is 23.4 Å². The van der Waals surface area contributed by atoms with Crippen LogP contribution in [-0.4, -0.2) is 42.4 Å². The molecular formula is C12H17N5O2. The van der Waals surface area contributed by atoms with Crippen LogP contribution in [0, 0.1) is 5.92 Å². The average Bonchev–Trinajstić information content (AvgIpc) is 2.84. The first kappa shape index (κ1) is 12.3. The fourth-order valence-corrected chi connectivity index (χ4v) is 2.79. The second-order valence-corrected chi connectivity index (χ2v) is 5.06. The zero-order chi connectivity index (χ0) is 13.4. The Morgan fingerprint density at radius 3 is 2.89 bits per heavy atom. The highest BCUT2D eigenvalue weighted by Crippen LogP contribution is 2.34. The van der Waals surface area contributed by atoms with Crippen LogP contribution in [0.5, 0.6) is 0 Å². The van der Waals surface area contributed by atoms with Gasteiger partial charge in [-0.1, -0.05) is 0 Å². The van der Waals surface area contributed by atoms with Crippen LogP contribution < -0.4 is 5.73 Å². The summed E-state index contributed by atoms with van der Waals surface area (Å²) < 4.78 is 1.95. The maximum absolute atomic E-state index is 10.0. The SMILES string of the molecule is Nc1ncnc2c1ncn2[C@@H]1CC[C@@H](CO)[C@@H](O)C1. The molecule has 1 aliphatic carbocycles. The summed E-state index contributed by atoms with van der Waals surface area (Å²) in [6.45, 7) is 0.0354. The van der Waals surface area contributed by atoms with Crippen molar-refractivity contribution in [3.63, 3.8) is 0 Å². The number of rotatable bonds is 2. The maximum atomic E-state index is 10.0. The topological polar surface area (TPSA) is 110 Å². The van der Waals surface area contributed by atoms with E-state index in [4.69, 9.17) is 5.73 Å². The number of fused-ring (bicyclic) bond motifs is 1. The van der Waals surface area contributed by atoms with Gasteiger partial charge in [-0.25, -0.2) is 15.0 Å². The highest BCUT2D eigenvalue weighted by atomic mass is 16.3. The third-order valence-electron chi connectivity index (χ3n) is 3.94. The van der Waals surface area contributed by atoms with E-state index < -0.39 is 6.10 Å². The Balaban J connectivity index is 1.91. The molecule has 4 N–H and O–H groups in total. The van der Waals surface area contributed by atoms with Crippen molar-refractivity contribution in [2.75, 3.05) is 12.3 Å². The standard InChI is InChI=1S/C12H17N5O2/c13-11-10-12(15-5-14-11)17(6-16-10)8-2-1-7(4-18)9(19)3-8/h5-9,18-19H,1-4H2,(H2,13,14,15)/t7-,8+,9-/m0/s1. The Morgan fingerprint density at radius 2 is 2.16 bits per heavy atom. The van der Waals surface area contributed by atoms with Gasteiger partial charge < -0.3 is 20.5 Å². The van der Waals surface area contributed by atoms with E-state index >= 15 is 0 Å². The molecule has 0 saturated heterocycles. The van der Waals surface area contributed by atoms with Crippen LogP contribution in [0.3, 0.4) is 0 Å². The Bertz CT molecular complexity index is 585. The predicted molar refractivity (Wildman–Crippen MR) is 69.2 cm³/mol. The van der Waals surface area contributed by atoms with Crippen molar-refractivity contribution in [3.05, 3.63) is 12.7 Å². The Morgan fingerprint density at radius 1 is 1.32 bits per heavy atom. The molecule has 2 heterocycles. The number of imidazole rings is 1. The normalized spacial score (nSPS) is 27.8. The smallest absolute Gasteiger partial charge is 0.165 e. The molecule has 102 valence electrons. The summed E-state index contributed by atoms with van der Waals surface area (Å²) in [6, 6.07) is 0.136.